The molecular weight excluding hydrogens is 1160 g/mol. The van der Waals surface area contributed by atoms with Crippen LogP contribution in [0.5, 0.6) is 0 Å². The molecule has 4 aliphatic heterocycles. The molecule has 42 heteroatoms. The summed E-state index contributed by atoms with van der Waals surface area (Å²) in [4.78, 5) is 119. The molecule has 0 bridgehead atoms. The minimum absolute atomic E-state index is 0.00606. The number of aliphatic hydroxyl groups excluding tert-OH is 2. The number of nitrogen functional groups attached to an aromatic ring is 3. The zero-order valence-electron chi connectivity index (χ0n) is 42.1. The first-order valence-electron chi connectivity index (χ1n) is 24.5. The molecule has 7 aromatic heterocycles. The van der Waals surface area contributed by atoms with Gasteiger partial charge in [-0.15, -0.1) is 0 Å². The third-order valence-electron chi connectivity index (χ3n) is 13.6. The van der Waals surface area contributed by atoms with Gasteiger partial charge in [0.25, 0.3) is 16.7 Å². The maximum Gasteiger partial charge on any atom is 0.472 e. The van der Waals surface area contributed by atoms with Gasteiger partial charge in [-0.3, -0.25) is 74.7 Å². The van der Waals surface area contributed by atoms with E-state index in [4.69, 9.17) is 63.3 Å². The summed E-state index contributed by atoms with van der Waals surface area (Å²) >= 11 is 0. The van der Waals surface area contributed by atoms with Gasteiger partial charge >= 0.3 is 29.2 Å². The summed E-state index contributed by atoms with van der Waals surface area (Å²) < 4.78 is 103. The predicted octanol–water partition coefficient (Wildman–Crippen LogP) is -2.29. The first-order valence-corrected chi connectivity index (χ1v) is 29.0. The van der Waals surface area contributed by atoms with Crippen molar-refractivity contribution in [2.24, 2.45) is 0 Å². The van der Waals surface area contributed by atoms with Gasteiger partial charge in [0, 0.05) is 37.4 Å². The smallest absolute Gasteiger partial charge is 0.394 e. The van der Waals surface area contributed by atoms with Gasteiger partial charge in [-0.25, -0.2) is 43.4 Å². The summed E-state index contributed by atoms with van der Waals surface area (Å²) in [6.07, 6.45) is -10.9. The van der Waals surface area contributed by atoms with Crippen molar-refractivity contribution < 1.29 is 84.7 Å². The normalized spacial score (nSPS) is 29.0. The first kappa shape index (κ1) is 57.2. The standard InChI is InChI=1S/C40H50N17O22P3/c1-15-6-54(40(63)53-35(15)60)25-3-17(20(7-58)73-25)77-81(66,67)71-10-23-19(5-27(76-23)57-14-48-30-34(57)50-39(43)52-37(30)62)79-82(68,69)72-9-22-18(4-26(75-22)55-12-46-28-31(41)44-11-45-32(28)55)78-80(64,65)70-8-21-16(59)2-24(74-21)56-13-47-29-33(56)49-38(42)51-36(29)61/h6,11-14,16-27,58-59H,2-5,7-10H2,1H3,(H,64,65)(H,66,67)(H,68,69)(H2,41,44,45)(H,53,60,63)(H3,42,49,51,61)(H3,43,50,52,62)/t16-,17-,18-,19-,20+,21+,22+,23+,24+,25+,26+,27+/m0/s1. The Balaban J connectivity index is 0.790. The van der Waals surface area contributed by atoms with Gasteiger partial charge in [-0.1, -0.05) is 0 Å². The van der Waals surface area contributed by atoms with Gasteiger partial charge in [0.15, 0.2) is 33.8 Å². The number of phosphoric acid groups is 3. The highest BCUT2D eigenvalue weighted by atomic mass is 31.2. The van der Waals surface area contributed by atoms with Gasteiger partial charge < -0.3 is 61.0 Å². The quantitative estimate of drug-likeness (QED) is 0.0358. The summed E-state index contributed by atoms with van der Waals surface area (Å²) in [5.74, 6) is -0.509. The Morgan fingerprint density at radius 1 is 0.573 bits per heavy atom. The van der Waals surface area contributed by atoms with E-state index in [0.29, 0.717) is 0 Å². The molecule has 4 saturated heterocycles. The number of anilines is 3. The van der Waals surface area contributed by atoms with E-state index in [2.05, 4.69) is 49.8 Å². The fourth-order valence-corrected chi connectivity index (χ4v) is 12.6. The second-order valence-corrected chi connectivity index (χ2v) is 23.3. The number of hydrogen-bond acceptors (Lipinski definition) is 29. The molecule has 3 unspecified atom stereocenters. The van der Waals surface area contributed by atoms with Crippen LogP contribution in [-0.4, -0.2) is 168 Å². The molecular formula is C40H50N17O22P3. The molecule has 4 fully saturated rings. The van der Waals surface area contributed by atoms with Crippen molar-refractivity contribution in [1.29, 1.82) is 0 Å². The number of nitrogens with zero attached hydrogens (tertiary/aromatic N) is 11. The van der Waals surface area contributed by atoms with Crippen molar-refractivity contribution in [3.8, 4) is 0 Å². The zero-order chi connectivity index (χ0) is 58.2. The molecule has 11 rings (SSSR count). The third-order valence-corrected chi connectivity index (χ3v) is 16.7. The molecule has 11 heterocycles. The summed E-state index contributed by atoms with van der Waals surface area (Å²) in [5, 5.41) is 21.0. The van der Waals surface area contributed by atoms with Gasteiger partial charge in [-0.05, 0) is 6.92 Å². The van der Waals surface area contributed by atoms with E-state index in [-0.39, 0.29) is 76.0 Å². The second kappa shape index (κ2) is 22.2. The van der Waals surface area contributed by atoms with Crippen LogP contribution >= 0.6 is 23.5 Å². The predicted molar refractivity (Wildman–Crippen MR) is 270 cm³/mol. The van der Waals surface area contributed by atoms with Gasteiger partial charge in [-0.2, -0.15) is 9.97 Å². The molecule has 14 N–H and O–H groups in total. The maximum absolute atomic E-state index is 14.1. The number of aliphatic hydroxyl groups is 2. The topological polar surface area (TPSA) is 548 Å². The number of phosphoric ester groups is 3. The molecule has 442 valence electrons. The summed E-state index contributed by atoms with van der Waals surface area (Å²) in [6, 6.07) is 0. The third kappa shape index (κ3) is 11.7. The van der Waals surface area contributed by atoms with Gasteiger partial charge in [0.2, 0.25) is 11.9 Å². The van der Waals surface area contributed by atoms with Crippen molar-refractivity contribution in [2.75, 3.05) is 43.6 Å². The molecule has 0 saturated carbocycles. The highest BCUT2D eigenvalue weighted by Gasteiger charge is 2.48. The fraction of sp³-hybridized carbons (Fsp3) is 0.525. The Kier molecular flexibility index (Phi) is 15.5. The number of nitrogens with one attached hydrogen (secondary N) is 3. The Morgan fingerprint density at radius 3 is 1.51 bits per heavy atom. The molecule has 0 spiro atoms. The molecule has 82 heavy (non-hydrogen) atoms. The lowest BCUT2D eigenvalue weighted by atomic mass is 10.2. The van der Waals surface area contributed by atoms with Crippen LogP contribution in [0.3, 0.4) is 0 Å². The number of fused-ring (bicyclic) bond motifs is 3. The van der Waals surface area contributed by atoms with Crippen LogP contribution in [0.1, 0.15) is 56.2 Å². The molecule has 39 nitrogen and oxygen atoms in total. The zero-order valence-corrected chi connectivity index (χ0v) is 44.8. The van der Waals surface area contributed by atoms with Gasteiger partial charge in [0.1, 0.15) is 79.5 Å². The summed E-state index contributed by atoms with van der Waals surface area (Å²) in [5.41, 5.74) is 14.8. The number of hydrogen-bond donors (Lipinski definition) is 11. The Morgan fingerprint density at radius 2 is 1.00 bits per heavy atom. The molecule has 7 aromatic rings. The monoisotopic (exact) mass is 1210 g/mol. The molecule has 0 aliphatic carbocycles. The first-order chi connectivity index (χ1) is 38.9. The van der Waals surface area contributed by atoms with E-state index in [1.165, 1.54) is 39.5 Å². The van der Waals surface area contributed by atoms with Crippen LogP contribution in [-0.2, 0) is 59.8 Å². The van der Waals surface area contributed by atoms with Crippen LogP contribution in [0, 0.1) is 6.92 Å². The van der Waals surface area contributed by atoms with E-state index in [1.54, 1.807) is 0 Å². The van der Waals surface area contributed by atoms with Crippen molar-refractivity contribution in [1.82, 2.24) is 68.1 Å². The number of ether oxygens (including phenoxy) is 4. The second-order valence-electron chi connectivity index (χ2n) is 19.0. The Hall–Kier alpha value is -6.58. The van der Waals surface area contributed by atoms with Crippen molar-refractivity contribution >= 4 is 74.7 Å². The highest BCUT2D eigenvalue weighted by molar-refractivity contribution is 7.48. The van der Waals surface area contributed by atoms with Crippen LogP contribution in [0.4, 0.5) is 17.7 Å². The van der Waals surface area contributed by atoms with E-state index in [9.17, 15) is 57.8 Å². The van der Waals surface area contributed by atoms with Crippen LogP contribution in [0.15, 0.2) is 50.7 Å². The molecule has 0 aromatic carbocycles. The fourth-order valence-electron chi connectivity index (χ4n) is 9.74. The minimum Gasteiger partial charge on any atom is -0.394 e. The highest BCUT2D eigenvalue weighted by Crippen LogP contribution is 2.54. The lowest BCUT2D eigenvalue weighted by molar-refractivity contribution is -0.0623. The van der Waals surface area contributed by atoms with Crippen LogP contribution < -0.4 is 39.6 Å². The maximum atomic E-state index is 14.1. The average Bonchev–Trinajstić information content (AvgIpc) is 4.38. The van der Waals surface area contributed by atoms with Crippen molar-refractivity contribution in [3.05, 3.63) is 78.6 Å². The number of aryl methyl sites for hydroxylation is 1. The summed E-state index contributed by atoms with van der Waals surface area (Å²) in [7, 11) is -15.8. The van der Waals surface area contributed by atoms with E-state index in [1.807, 2.05) is 0 Å². The van der Waals surface area contributed by atoms with Crippen molar-refractivity contribution in [2.45, 2.75) is 106 Å². The minimum atomic E-state index is -5.38. The lowest BCUT2D eigenvalue weighted by Gasteiger charge is -2.25. The molecule has 0 radical (unpaired) electrons. The Labute approximate surface area is 455 Å². The molecule has 0 amide bonds. The largest absolute Gasteiger partial charge is 0.472 e. The van der Waals surface area contributed by atoms with E-state index < -0.39 is 152 Å². The van der Waals surface area contributed by atoms with Crippen molar-refractivity contribution in [3.63, 3.8) is 0 Å². The number of aromatic nitrogens is 14. The number of rotatable bonds is 20. The van der Waals surface area contributed by atoms with E-state index >= 15 is 0 Å². The summed E-state index contributed by atoms with van der Waals surface area (Å²) in [6.45, 7) is -1.88. The van der Waals surface area contributed by atoms with Crippen LogP contribution in [0.25, 0.3) is 33.5 Å². The van der Waals surface area contributed by atoms with Gasteiger partial charge in [0.05, 0.1) is 51.5 Å². The number of nitrogens with two attached hydrogens (primary N) is 3. The lowest BCUT2D eigenvalue weighted by Crippen LogP contribution is -2.33. The van der Waals surface area contributed by atoms with Crippen LogP contribution in [0.2, 0.25) is 0 Å². The SMILES string of the molecule is Cc1cn([C@H]2C[C@H](OP(=O)(O)OC[C@H]3O[C@@H](n4cnc5c(=O)[nH]c(N)nc54)C[C@@H]3OP(=O)(O)OC[C@H]3O[C@@H](n4cnc5c(N)ncnc54)C[C@@H]3OP(=O)(O)OC[C@H]3O[C@@H](n4cnc5c(=O)[nH]c(N)nc54)C[C@@H]3O)[C@@H](CO)O2)c(=O)[nH]c1=O. The number of imidazole rings is 3. The molecule has 4 aliphatic rings. The number of H-pyrrole nitrogens is 3. The van der Waals surface area contributed by atoms with E-state index in [0.717, 1.165) is 17.2 Å². The molecule has 15 atom stereocenters. The average molecular weight is 1210 g/mol. The number of aromatic amines is 3. The Bertz CT molecular complexity index is 3960.